The third kappa shape index (κ3) is 4.70. The maximum Gasteiger partial charge on any atom is 0.293 e. The highest BCUT2D eigenvalue weighted by molar-refractivity contribution is 7.99. The molecule has 8 heteroatoms. The van der Waals surface area contributed by atoms with E-state index in [2.05, 4.69) is 10.3 Å². The molecule has 160 valence electrons. The van der Waals surface area contributed by atoms with Gasteiger partial charge in [-0.05, 0) is 12.5 Å². The quantitative estimate of drug-likeness (QED) is 0.214. The van der Waals surface area contributed by atoms with E-state index in [9.17, 15) is 14.9 Å². The summed E-state index contributed by atoms with van der Waals surface area (Å²) in [4.78, 5) is 27.9. The molecule has 0 radical (unpaired) electrons. The molecule has 0 unspecified atom stereocenters. The number of rotatable bonds is 7. The van der Waals surface area contributed by atoms with Crippen molar-refractivity contribution in [1.29, 1.82) is 0 Å². The zero-order valence-corrected chi connectivity index (χ0v) is 18.0. The number of thioether (sulfide) groups is 1. The first-order valence-corrected chi connectivity index (χ1v) is 10.8. The van der Waals surface area contributed by atoms with Gasteiger partial charge in [0.1, 0.15) is 11.4 Å². The number of nitro benzene ring substituents is 1. The number of aromatic nitrogens is 1. The van der Waals surface area contributed by atoms with Crippen molar-refractivity contribution in [1.82, 2.24) is 4.98 Å². The molecule has 0 atom stereocenters. The molecule has 3 aromatic carbocycles. The highest BCUT2D eigenvalue weighted by atomic mass is 32.2. The van der Waals surface area contributed by atoms with E-state index < -0.39 is 4.92 Å². The number of hydrogen-bond acceptors (Lipinski definition) is 6. The summed E-state index contributed by atoms with van der Waals surface area (Å²) in [5.74, 6) is 0.233. The Morgan fingerprint density at radius 2 is 1.66 bits per heavy atom. The van der Waals surface area contributed by atoms with Gasteiger partial charge >= 0.3 is 0 Å². The maximum atomic E-state index is 12.5. The summed E-state index contributed by atoms with van der Waals surface area (Å²) in [5.41, 5.74) is 3.15. The second-order valence-corrected chi connectivity index (χ2v) is 7.88. The Kier molecular flexibility index (Phi) is 6.32. The van der Waals surface area contributed by atoms with E-state index in [1.54, 1.807) is 19.1 Å². The molecule has 1 aromatic heterocycles. The lowest BCUT2D eigenvalue weighted by atomic mass is 10.1. The maximum absolute atomic E-state index is 12.5. The first-order chi connectivity index (χ1) is 15.5. The third-order valence-electron chi connectivity index (χ3n) is 4.73. The average Bonchev–Trinajstić information content (AvgIpc) is 3.24. The van der Waals surface area contributed by atoms with E-state index in [0.29, 0.717) is 22.2 Å². The molecule has 32 heavy (non-hydrogen) atoms. The van der Waals surface area contributed by atoms with Gasteiger partial charge in [-0.3, -0.25) is 14.9 Å². The molecule has 0 saturated carbocycles. The number of oxazole rings is 1. The van der Waals surface area contributed by atoms with Crippen LogP contribution in [0, 0.1) is 17.0 Å². The lowest BCUT2D eigenvalue weighted by Crippen LogP contribution is -2.16. The topological polar surface area (TPSA) is 98.3 Å². The molecule has 0 aliphatic heterocycles. The number of anilines is 1. The predicted octanol–water partition coefficient (Wildman–Crippen LogP) is 5.96. The van der Waals surface area contributed by atoms with E-state index in [1.807, 2.05) is 60.7 Å². The Morgan fingerprint density at radius 1 is 1.00 bits per heavy atom. The molecule has 0 bridgehead atoms. The number of benzene rings is 3. The zero-order chi connectivity index (χ0) is 22.5. The van der Waals surface area contributed by atoms with Crippen molar-refractivity contribution in [2.75, 3.05) is 11.1 Å². The fourth-order valence-electron chi connectivity index (χ4n) is 3.21. The standard InChI is InChI=1S/C24H19N3O4S/c1-16-9-8-14-19(27(29)30)21(16)25-20(28)15-32-24-26-22(17-10-4-2-5-11-17)23(31-24)18-12-6-3-7-13-18/h2-14H,15H2,1H3,(H,25,28). The molecule has 0 fully saturated rings. The van der Waals surface area contributed by atoms with Crippen molar-refractivity contribution >= 4 is 29.0 Å². The minimum atomic E-state index is -0.512. The van der Waals surface area contributed by atoms with Gasteiger partial charge in [0.05, 0.1) is 10.7 Å². The first kappa shape index (κ1) is 21.3. The summed E-state index contributed by atoms with van der Waals surface area (Å²) in [6, 6.07) is 24.0. The Bertz CT molecular complexity index is 1200. The molecule has 0 aliphatic rings. The number of aryl methyl sites for hydroxylation is 1. The second kappa shape index (κ2) is 9.49. The number of hydrogen-bond donors (Lipinski definition) is 1. The minimum absolute atomic E-state index is 0.00549. The fourth-order valence-corrected chi connectivity index (χ4v) is 3.83. The van der Waals surface area contributed by atoms with E-state index in [1.165, 1.54) is 6.07 Å². The number of amides is 1. The SMILES string of the molecule is Cc1cccc([N+](=O)[O-])c1NC(=O)CSc1nc(-c2ccccc2)c(-c2ccccc2)o1. The van der Waals surface area contributed by atoms with Crippen LogP contribution in [0.5, 0.6) is 0 Å². The van der Waals surface area contributed by atoms with Gasteiger partial charge in [-0.25, -0.2) is 4.98 Å². The molecule has 4 aromatic rings. The summed E-state index contributed by atoms with van der Waals surface area (Å²) < 4.78 is 6.01. The van der Waals surface area contributed by atoms with Crippen LogP contribution in [0.25, 0.3) is 22.6 Å². The van der Waals surface area contributed by atoms with Crippen molar-refractivity contribution in [2.45, 2.75) is 12.1 Å². The molecule has 0 spiro atoms. The molecule has 1 amide bonds. The van der Waals surface area contributed by atoms with E-state index >= 15 is 0 Å². The predicted molar refractivity (Wildman–Crippen MR) is 125 cm³/mol. The van der Waals surface area contributed by atoms with Crippen LogP contribution < -0.4 is 5.32 Å². The molecule has 7 nitrogen and oxygen atoms in total. The minimum Gasteiger partial charge on any atom is -0.431 e. The molecular weight excluding hydrogens is 426 g/mol. The number of nitrogens with one attached hydrogen (secondary N) is 1. The smallest absolute Gasteiger partial charge is 0.293 e. The van der Waals surface area contributed by atoms with Gasteiger partial charge in [0, 0.05) is 17.2 Å². The van der Waals surface area contributed by atoms with Crippen LogP contribution in [0.1, 0.15) is 5.56 Å². The van der Waals surface area contributed by atoms with E-state index in [-0.39, 0.29) is 23.0 Å². The Balaban J connectivity index is 1.55. The Labute approximate surface area is 188 Å². The molecular formula is C24H19N3O4S. The highest BCUT2D eigenvalue weighted by Gasteiger charge is 2.20. The Morgan fingerprint density at radius 3 is 2.31 bits per heavy atom. The summed E-state index contributed by atoms with van der Waals surface area (Å²) in [6.07, 6.45) is 0. The van der Waals surface area contributed by atoms with Crippen LogP contribution in [0.4, 0.5) is 11.4 Å². The molecule has 0 aliphatic carbocycles. The number of nitro groups is 1. The summed E-state index contributed by atoms with van der Waals surface area (Å²) >= 11 is 1.13. The normalized spacial score (nSPS) is 10.7. The monoisotopic (exact) mass is 445 g/mol. The van der Waals surface area contributed by atoms with Gasteiger partial charge in [0.25, 0.3) is 10.9 Å². The van der Waals surface area contributed by atoms with Gasteiger partial charge in [0.2, 0.25) is 5.91 Å². The lowest BCUT2D eigenvalue weighted by Gasteiger charge is -2.08. The van der Waals surface area contributed by atoms with Gasteiger partial charge in [-0.2, -0.15) is 0 Å². The van der Waals surface area contributed by atoms with Gasteiger partial charge in [-0.15, -0.1) is 0 Å². The van der Waals surface area contributed by atoms with E-state index in [4.69, 9.17) is 4.42 Å². The number of carbonyl (C=O) groups excluding carboxylic acids is 1. The number of carbonyl (C=O) groups is 1. The van der Waals surface area contributed by atoms with Crippen LogP contribution in [-0.2, 0) is 4.79 Å². The average molecular weight is 446 g/mol. The summed E-state index contributed by atoms with van der Waals surface area (Å²) in [5, 5.41) is 14.3. The largest absolute Gasteiger partial charge is 0.431 e. The first-order valence-electron chi connectivity index (χ1n) is 9.81. The molecule has 0 saturated heterocycles. The Hall–Kier alpha value is -3.91. The zero-order valence-electron chi connectivity index (χ0n) is 17.1. The van der Waals surface area contributed by atoms with Crippen LogP contribution in [-0.4, -0.2) is 21.6 Å². The van der Waals surface area contributed by atoms with Gasteiger partial charge < -0.3 is 9.73 Å². The van der Waals surface area contributed by atoms with Crippen molar-refractivity contribution in [3.8, 4) is 22.6 Å². The van der Waals surface area contributed by atoms with Crippen molar-refractivity contribution in [2.24, 2.45) is 0 Å². The van der Waals surface area contributed by atoms with E-state index in [0.717, 1.165) is 22.9 Å². The van der Waals surface area contributed by atoms with Crippen LogP contribution >= 0.6 is 11.8 Å². The number of para-hydroxylation sites is 1. The molecule has 1 heterocycles. The summed E-state index contributed by atoms with van der Waals surface area (Å²) in [7, 11) is 0. The highest BCUT2D eigenvalue weighted by Crippen LogP contribution is 2.35. The molecule has 4 rings (SSSR count). The summed E-state index contributed by atoms with van der Waals surface area (Å²) in [6.45, 7) is 1.71. The van der Waals surface area contributed by atoms with Crippen molar-refractivity contribution in [3.63, 3.8) is 0 Å². The fraction of sp³-hybridized carbons (Fsp3) is 0.0833. The molecule has 1 N–H and O–H groups in total. The van der Waals surface area contributed by atoms with Crippen molar-refractivity contribution in [3.05, 3.63) is 94.5 Å². The lowest BCUT2D eigenvalue weighted by molar-refractivity contribution is -0.384. The number of nitrogens with zero attached hydrogens (tertiary/aromatic N) is 2. The van der Waals surface area contributed by atoms with Crippen LogP contribution in [0.3, 0.4) is 0 Å². The second-order valence-electron chi connectivity index (χ2n) is 6.95. The third-order valence-corrected chi connectivity index (χ3v) is 5.56. The van der Waals surface area contributed by atoms with Crippen LogP contribution in [0.2, 0.25) is 0 Å². The van der Waals surface area contributed by atoms with Gasteiger partial charge in [0.15, 0.2) is 5.76 Å². The van der Waals surface area contributed by atoms with Gasteiger partial charge in [-0.1, -0.05) is 84.6 Å². The van der Waals surface area contributed by atoms with Crippen LogP contribution in [0.15, 0.2) is 88.5 Å². The van der Waals surface area contributed by atoms with Crippen molar-refractivity contribution < 1.29 is 14.1 Å².